The lowest BCUT2D eigenvalue weighted by Crippen LogP contribution is -2.46. The van der Waals surface area contributed by atoms with Gasteiger partial charge in [-0.25, -0.2) is 0 Å². The number of β-amino-alcohol motifs (C(OH)–C–C–N with tert-alkyl or cyclic N) is 1. The zero-order valence-electron chi connectivity index (χ0n) is 11.4. The number of nitrogens with zero attached hydrogens (tertiary/aromatic N) is 2. The molecule has 18 heavy (non-hydrogen) atoms. The van der Waals surface area contributed by atoms with Gasteiger partial charge in [0.25, 0.3) is 0 Å². The molecule has 1 aromatic rings. The number of rotatable bonds is 4. The van der Waals surface area contributed by atoms with Crippen LogP contribution < -0.4 is 0 Å². The Hall–Kier alpha value is -0.900. The van der Waals surface area contributed by atoms with Crippen molar-refractivity contribution < 1.29 is 5.11 Å². The monoisotopic (exact) mass is 248 g/mol. The molecule has 1 saturated heterocycles. The van der Waals surface area contributed by atoms with Gasteiger partial charge in [0.1, 0.15) is 0 Å². The fraction of sp³-hybridized carbons (Fsp3) is 0.600. The zero-order valence-corrected chi connectivity index (χ0v) is 11.4. The topological polar surface area (TPSA) is 26.7 Å². The molecule has 0 radical (unpaired) electrons. The van der Waals surface area contributed by atoms with E-state index in [1.165, 1.54) is 5.56 Å². The van der Waals surface area contributed by atoms with E-state index in [0.29, 0.717) is 5.92 Å². The summed E-state index contributed by atoms with van der Waals surface area (Å²) in [5, 5.41) is 10.2. The Kier molecular flexibility index (Phi) is 4.75. The average molecular weight is 248 g/mol. The molecule has 0 spiro atoms. The molecular formula is C15H24N2O. The van der Waals surface area contributed by atoms with Crippen LogP contribution in [0.2, 0.25) is 0 Å². The number of hydrogen-bond donors (Lipinski definition) is 1. The molecule has 1 fully saturated rings. The van der Waals surface area contributed by atoms with Crippen molar-refractivity contribution in [2.24, 2.45) is 5.92 Å². The van der Waals surface area contributed by atoms with Crippen molar-refractivity contribution in [3.8, 4) is 0 Å². The van der Waals surface area contributed by atoms with Crippen LogP contribution in [0.15, 0.2) is 30.3 Å². The SMILES string of the molecule is CN(C)CC1CCN(Cc2ccccc2)CC1O. The summed E-state index contributed by atoms with van der Waals surface area (Å²) in [6.45, 7) is 3.82. The Labute approximate surface area is 110 Å². The van der Waals surface area contributed by atoms with Gasteiger partial charge in [-0.3, -0.25) is 4.90 Å². The van der Waals surface area contributed by atoms with Gasteiger partial charge < -0.3 is 10.0 Å². The molecule has 100 valence electrons. The van der Waals surface area contributed by atoms with E-state index in [4.69, 9.17) is 0 Å². The van der Waals surface area contributed by atoms with Crippen molar-refractivity contribution in [2.45, 2.75) is 19.1 Å². The highest BCUT2D eigenvalue weighted by atomic mass is 16.3. The lowest BCUT2D eigenvalue weighted by molar-refractivity contribution is 0.00915. The van der Waals surface area contributed by atoms with Crippen molar-refractivity contribution in [1.82, 2.24) is 9.80 Å². The van der Waals surface area contributed by atoms with E-state index in [2.05, 4.69) is 48.2 Å². The molecule has 2 unspecified atom stereocenters. The van der Waals surface area contributed by atoms with Crippen LogP contribution >= 0.6 is 0 Å². The first-order chi connectivity index (χ1) is 8.65. The van der Waals surface area contributed by atoms with E-state index in [0.717, 1.165) is 32.6 Å². The Bertz CT molecular complexity index is 353. The normalized spacial score (nSPS) is 25.6. The molecule has 0 aromatic heterocycles. The third kappa shape index (κ3) is 3.80. The van der Waals surface area contributed by atoms with Crippen LogP contribution in [0.1, 0.15) is 12.0 Å². The second-order valence-electron chi connectivity index (χ2n) is 5.60. The molecule has 2 atom stereocenters. The van der Waals surface area contributed by atoms with Crippen LogP contribution in [0.25, 0.3) is 0 Å². The zero-order chi connectivity index (χ0) is 13.0. The summed E-state index contributed by atoms with van der Waals surface area (Å²) in [5.41, 5.74) is 1.33. The molecule has 1 aliphatic rings. The van der Waals surface area contributed by atoms with Gasteiger partial charge in [0, 0.05) is 19.6 Å². The van der Waals surface area contributed by atoms with Crippen LogP contribution in [0, 0.1) is 5.92 Å². The van der Waals surface area contributed by atoms with E-state index in [1.807, 2.05) is 6.07 Å². The number of likely N-dealkylation sites (tertiary alicyclic amines) is 1. The van der Waals surface area contributed by atoms with Crippen molar-refractivity contribution in [3.05, 3.63) is 35.9 Å². The predicted octanol–water partition coefficient (Wildman–Crippen LogP) is 1.43. The first kappa shape index (κ1) is 13.5. The maximum absolute atomic E-state index is 10.2. The van der Waals surface area contributed by atoms with Crippen LogP contribution in [-0.2, 0) is 6.54 Å². The maximum Gasteiger partial charge on any atom is 0.0708 e. The molecule has 2 rings (SSSR count). The highest BCUT2D eigenvalue weighted by molar-refractivity contribution is 5.14. The molecule has 0 saturated carbocycles. The highest BCUT2D eigenvalue weighted by Gasteiger charge is 2.27. The van der Waals surface area contributed by atoms with E-state index >= 15 is 0 Å². The molecule has 1 heterocycles. The minimum atomic E-state index is -0.190. The largest absolute Gasteiger partial charge is 0.391 e. The number of piperidine rings is 1. The molecule has 0 bridgehead atoms. The lowest BCUT2D eigenvalue weighted by atomic mass is 9.93. The summed E-state index contributed by atoms with van der Waals surface area (Å²) in [6.07, 6.45) is 0.900. The summed E-state index contributed by atoms with van der Waals surface area (Å²) < 4.78 is 0. The maximum atomic E-state index is 10.2. The second-order valence-corrected chi connectivity index (χ2v) is 5.60. The standard InChI is InChI=1S/C15H24N2O/c1-16(2)11-14-8-9-17(12-15(14)18)10-13-6-4-3-5-7-13/h3-7,14-15,18H,8-12H2,1-2H3. The molecule has 0 aliphatic carbocycles. The predicted molar refractivity (Wildman–Crippen MR) is 74.4 cm³/mol. The Morgan fingerprint density at radius 1 is 1.28 bits per heavy atom. The summed E-state index contributed by atoms with van der Waals surface area (Å²) in [4.78, 5) is 4.52. The van der Waals surface area contributed by atoms with E-state index in [9.17, 15) is 5.11 Å². The molecule has 3 nitrogen and oxygen atoms in total. The highest BCUT2D eigenvalue weighted by Crippen LogP contribution is 2.20. The first-order valence-corrected chi connectivity index (χ1v) is 6.74. The molecule has 3 heteroatoms. The van der Waals surface area contributed by atoms with Gasteiger partial charge in [-0.05, 0) is 38.5 Å². The Balaban J connectivity index is 1.85. The summed E-state index contributed by atoms with van der Waals surface area (Å²) in [6, 6.07) is 10.5. The van der Waals surface area contributed by atoms with E-state index < -0.39 is 0 Å². The van der Waals surface area contributed by atoms with Crippen LogP contribution in [0.5, 0.6) is 0 Å². The van der Waals surface area contributed by atoms with E-state index in [1.54, 1.807) is 0 Å². The fourth-order valence-corrected chi connectivity index (χ4v) is 2.71. The minimum absolute atomic E-state index is 0.190. The van der Waals surface area contributed by atoms with Gasteiger partial charge in [-0.2, -0.15) is 0 Å². The van der Waals surface area contributed by atoms with Crippen molar-refractivity contribution in [3.63, 3.8) is 0 Å². The third-order valence-electron chi connectivity index (χ3n) is 3.65. The number of aliphatic hydroxyl groups is 1. The van der Waals surface area contributed by atoms with Gasteiger partial charge >= 0.3 is 0 Å². The van der Waals surface area contributed by atoms with Gasteiger partial charge in [0.05, 0.1) is 6.10 Å². The Morgan fingerprint density at radius 3 is 2.61 bits per heavy atom. The molecular weight excluding hydrogens is 224 g/mol. The van der Waals surface area contributed by atoms with Crippen molar-refractivity contribution in [1.29, 1.82) is 0 Å². The average Bonchev–Trinajstić information content (AvgIpc) is 2.33. The minimum Gasteiger partial charge on any atom is -0.391 e. The van der Waals surface area contributed by atoms with Crippen molar-refractivity contribution in [2.75, 3.05) is 33.7 Å². The molecule has 0 amide bonds. The summed E-state index contributed by atoms with van der Waals surface area (Å²) in [7, 11) is 4.14. The first-order valence-electron chi connectivity index (χ1n) is 6.74. The molecule has 1 aliphatic heterocycles. The lowest BCUT2D eigenvalue weighted by Gasteiger charge is -2.37. The quantitative estimate of drug-likeness (QED) is 0.873. The Morgan fingerprint density at radius 2 is 2.00 bits per heavy atom. The smallest absolute Gasteiger partial charge is 0.0708 e. The summed E-state index contributed by atoms with van der Waals surface area (Å²) in [5.74, 6) is 0.423. The second kappa shape index (κ2) is 6.32. The molecule has 1 aromatic carbocycles. The summed E-state index contributed by atoms with van der Waals surface area (Å²) >= 11 is 0. The number of hydrogen-bond acceptors (Lipinski definition) is 3. The van der Waals surface area contributed by atoms with Gasteiger partial charge in [-0.1, -0.05) is 30.3 Å². The van der Waals surface area contributed by atoms with Crippen LogP contribution in [0.3, 0.4) is 0 Å². The fourth-order valence-electron chi connectivity index (χ4n) is 2.71. The third-order valence-corrected chi connectivity index (χ3v) is 3.65. The van der Waals surface area contributed by atoms with Gasteiger partial charge in [-0.15, -0.1) is 0 Å². The molecule has 1 N–H and O–H groups in total. The van der Waals surface area contributed by atoms with Gasteiger partial charge in [0.15, 0.2) is 0 Å². The van der Waals surface area contributed by atoms with Crippen LogP contribution in [-0.4, -0.2) is 54.7 Å². The van der Waals surface area contributed by atoms with Crippen molar-refractivity contribution >= 4 is 0 Å². The number of aliphatic hydroxyl groups excluding tert-OH is 1. The number of benzene rings is 1. The van der Waals surface area contributed by atoms with E-state index in [-0.39, 0.29) is 6.10 Å². The van der Waals surface area contributed by atoms with Gasteiger partial charge in [0.2, 0.25) is 0 Å². The van der Waals surface area contributed by atoms with Crippen LogP contribution in [0.4, 0.5) is 0 Å².